The Morgan fingerprint density at radius 1 is 1.11 bits per heavy atom. The first-order valence-electron chi connectivity index (χ1n) is 14.2. The Morgan fingerprint density at radius 2 is 1.82 bits per heavy atom. The minimum atomic E-state index is -1.50. The first kappa shape index (κ1) is 26.4. The summed E-state index contributed by atoms with van der Waals surface area (Å²) < 4.78 is 19.5. The molecule has 3 fully saturated rings. The summed E-state index contributed by atoms with van der Waals surface area (Å²) in [6.45, 7) is 13.9. The van der Waals surface area contributed by atoms with Crippen LogP contribution in [0.25, 0.3) is 0 Å². The molecule has 2 aliphatic heterocycles. The molecule has 2 N–H and O–H groups in total. The van der Waals surface area contributed by atoms with Crippen molar-refractivity contribution in [1.29, 1.82) is 0 Å². The highest BCUT2D eigenvalue weighted by molar-refractivity contribution is 5.97. The van der Waals surface area contributed by atoms with Crippen LogP contribution in [0.1, 0.15) is 80.6 Å². The normalized spacial score (nSPS) is 50.0. The molecule has 1 saturated heterocycles. The van der Waals surface area contributed by atoms with Gasteiger partial charge in [0.05, 0.1) is 11.5 Å². The van der Waals surface area contributed by atoms with Gasteiger partial charge in [0.25, 0.3) is 0 Å². The lowest BCUT2D eigenvalue weighted by Gasteiger charge is -2.65. The molecule has 0 aromatic heterocycles. The third-order valence-corrected chi connectivity index (χ3v) is 11.7. The molecule has 208 valence electrons. The first-order chi connectivity index (χ1) is 17.6. The average molecular weight is 527 g/mol. The Bertz CT molecular complexity index is 1200. The average Bonchev–Trinajstić information content (AvgIpc) is 3.24. The van der Waals surface area contributed by atoms with Crippen molar-refractivity contribution < 1.29 is 34.0 Å². The molecule has 0 bridgehead atoms. The summed E-state index contributed by atoms with van der Waals surface area (Å²) in [5, 5.41) is 23.3. The molecule has 2 heterocycles. The van der Waals surface area contributed by atoms with Crippen LogP contribution in [0.5, 0.6) is 0 Å². The zero-order chi connectivity index (χ0) is 27.6. The molecule has 0 aromatic carbocycles. The van der Waals surface area contributed by atoms with Gasteiger partial charge in [-0.2, -0.15) is 0 Å². The number of rotatable bonds is 2. The number of esters is 1. The van der Waals surface area contributed by atoms with E-state index in [0.29, 0.717) is 18.4 Å². The highest BCUT2D eigenvalue weighted by atomic mass is 16.8. The fourth-order valence-electron chi connectivity index (χ4n) is 9.44. The predicted octanol–water partition coefficient (Wildman–Crippen LogP) is 4.17. The molecular formula is C31H42O7. The first-order valence-corrected chi connectivity index (χ1v) is 14.2. The second kappa shape index (κ2) is 7.90. The summed E-state index contributed by atoms with van der Waals surface area (Å²) in [5.74, 6) is -1.66. The number of aliphatic hydroxyl groups is 2. The smallest absolute Gasteiger partial charge is 0.333 e. The summed E-state index contributed by atoms with van der Waals surface area (Å²) in [5.41, 5.74) is -0.984. The Balaban J connectivity index is 1.45. The van der Waals surface area contributed by atoms with Gasteiger partial charge in [-0.15, -0.1) is 0 Å². The molecule has 10 atom stereocenters. The molecule has 38 heavy (non-hydrogen) atoms. The van der Waals surface area contributed by atoms with Gasteiger partial charge in [0.15, 0.2) is 11.6 Å². The van der Waals surface area contributed by atoms with Gasteiger partial charge < -0.3 is 24.4 Å². The fraction of sp³-hybridized carbons (Fsp3) is 0.742. The van der Waals surface area contributed by atoms with Crippen molar-refractivity contribution in [2.24, 2.45) is 28.6 Å². The number of ketones is 1. The summed E-state index contributed by atoms with van der Waals surface area (Å²) >= 11 is 0. The van der Waals surface area contributed by atoms with Gasteiger partial charge in [0.2, 0.25) is 0 Å². The van der Waals surface area contributed by atoms with Gasteiger partial charge in [0.1, 0.15) is 23.4 Å². The number of carbonyl (C=O) groups is 2. The lowest BCUT2D eigenvalue weighted by molar-refractivity contribution is -0.276. The molecule has 7 nitrogen and oxygen atoms in total. The van der Waals surface area contributed by atoms with Crippen molar-refractivity contribution in [2.75, 3.05) is 0 Å². The zero-order valence-electron chi connectivity index (χ0n) is 23.7. The third kappa shape index (κ3) is 2.99. The molecule has 0 unspecified atom stereocenters. The largest absolute Gasteiger partial charge is 0.458 e. The lowest BCUT2D eigenvalue weighted by atomic mass is 9.41. The van der Waals surface area contributed by atoms with Crippen LogP contribution in [0.15, 0.2) is 34.9 Å². The van der Waals surface area contributed by atoms with Gasteiger partial charge in [-0.05, 0) is 78.2 Å². The number of hydrogen-bond acceptors (Lipinski definition) is 7. The van der Waals surface area contributed by atoms with Gasteiger partial charge in [-0.3, -0.25) is 4.79 Å². The van der Waals surface area contributed by atoms with Crippen molar-refractivity contribution in [1.82, 2.24) is 0 Å². The highest BCUT2D eigenvalue weighted by Crippen LogP contribution is 2.72. The Labute approximate surface area is 225 Å². The number of cyclic esters (lactones) is 1. The van der Waals surface area contributed by atoms with Crippen LogP contribution in [-0.2, 0) is 23.8 Å². The summed E-state index contributed by atoms with van der Waals surface area (Å²) in [7, 11) is 0. The molecule has 0 radical (unpaired) electrons. The van der Waals surface area contributed by atoms with E-state index in [1.165, 1.54) is 0 Å². The monoisotopic (exact) mass is 526 g/mol. The molecule has 6 aliphatic rings. The van der Waals surface area contributed by atoms with Crippen molar-refractivity contribution in [3.8, 4) is 0 Å². The number of fused-ring (bicyclic) bond motifs is 3. The maximum absolute atomic E-state index is 13.5. The number of ether oxygens (including phenoxy) is 3. The predicted molar refractivity (Wildman–Crippen MR) is 140 cm³/mol. The number of aliphatic hydroxyl groups excluding tert-OH is 1. The van der Waals surface area contributed by atoms with Crippen LogP contribution in [0.2, 0.25) is 0 Å². The van der Waals surface area contributed by atoms with Gasteiger partial charge in [0, 0.05) is 23.3 Å². The second-order valence-corrected chi connectivity index (χ2v) is 13.7. The maximum atomic E-state index is 13.5. The Hall–Kier alpha value is -1.80. The van der Waals surface area contributed by atoms with E-state index < -0.39 is 33.9 Å². The molecular weight excluding hydrogens is 484 g/mol. The standard InChI is InChI=1S/C31H42O7/c1-16-13-22(36-26(34)17(16)2)18(3)20-15-25-31(38-27(4,5)37-25)21-14-24(33)30(35)11-8-9-23(32)29(30,7)19(21)10-12-28(20,31)6/h8-9,15,18-19,21-22,24-25,33,35H,10-14H2,1-7H3/t18-,19-,21+,22+,24+,25-,28+,29-,30-,31-/m0/s1. The summed E-state index contributed by atoms with van der Waals surface area (Å²) in [6, 6.07) is 0. The van der Waals surface area contributed by atoms with E-state index in [-0.39, 0.29) is 48.1 Å². The van der Waals surface area contributed by atoms with Crippen molar-refractivity contribution in [2.45, 2.75) is 116 Å². The summed E-state index contributed by atoms with van der Waals surface area (Å²) in [4.78, 5) is 26.1. The SMILES string of the molecule is CC1=C(C)C(=O)O[C@@H]([C@@H](C)C2=C[C@@H]3OC(C)(C)O[C@@]34[C@@H]3C[C@@H](O)[C@@]5(O)CC=CC(=O)[C@]5(C)[C@H]3CC[C@]24C)C1. The minimum Gasteiger partial charge on any atom is -0.458 e. The third-order valence-electron chi connectivity index (χ3n) is 11.7. The lowest BCUT2D eigenvalue weighted by Crippen LogP contribution is -2.73. The van der Waals surface area contributed by atoms with E-state index in [0.717, 1.165) is 24.0 Å². The van der Waals surface area contributed by atoms with Crippen LogP contribution in [0.3, 0.4) is 0 Å². The van der Waals surface area contributed by atoms with E-state index in [1.54, 1.807) is 12.2 Å². The summed E-state index contributed by atoms with van der Waals surface area (Å²) in [6.07, 6.45) is 6.49. The van der Waals surface area contributed by atoms with E-state index in [2.05, 4.69) is 19.9 Å². The van der Waals surface area contributed by atoms with E-state index in [1.807, 2.05) is 34.6 Å². The van der Waals surface area contributed by atoms with Crippen molar-refractivity contribution in [3.63, 3.8) is 0 Å². The van der Waals surface area contributed by atoms with Gasteiger partial charge >= 0.3 is 5.97 Å². The second-order valence-electron chi connectivity index (χ2n) is 13.7. The molecule has 1 spiro atoms. The number of carbonyl (C=O) groups excluding carboxylic acids is 2. The molecule has 0 amide bonds. The molecule has 0 aromatic rings. The fourth-order valence-corrected chi connectivity index (χ4v) is 9.44. The Morgan fingerprint density at radius 3 is 2.50 bits per heavy atom. The maximum Gasteiger partial charge on any atom is 0.333 e. The Kier molecular flexibility index (Phi) is 5.49. The minimum absolute atomic E-state index is 0.0541. The van der Waals surface area contributed by atoms with Crippen LogP contribution in [0, 0.1) is 28.6 Å². The van der Waals surface area contributed by atoms with E-state index in [4.69, 9.17) is 14.2 Å². The zero-order valence-corrected chi connectivity index (χ0v) is 23.7. The van der Waals surface area contributed by atoms with Crippen LogP contribution in [0.4, 0.5) is 0 Å². The number of allylic oxidation sites excluding steroid dienone is 1. The number of hydrogen-bond donors (Lipinski definition) is 2. The van der Waals surface area contributed by atoms with Gasteiger partial charge in [-0.25, -0.2) is 4.79 Å². The molecule has 4 aliphatic carbocycles. The van der Waals surface area contributed by atoms with E-state index in [9.17, 15) is 19.8 Å². The highest BCUT2D eigenvalue weighted by Gasteiger charge is 2.78. The molecule has 6 rings (SSSR count). The molecule has 7 heteroatoms. The van der Waals surface area contributed by atoms with Crippen LogP contribution in [-0.4, -0.2) is 57.3 Å². The van der Waals surface area contributed by atoms with E-state index >= 15 is 0 Å². The van der Waals surface area contributed by atoms with Gasteiger partial charge in [-0.1, -0.05) is 37.1 Å². The topological polar surface area (TPSA) is 102 Å². The quantitative estimate of drug-likeness (QED) is 0.411. The van der Waals surface area contributed by atoms with Crippen molar-refractivity contribution >= 4 is 11.8 Å². The van der Waals surface area contributed by atoms with Crippen LogP contribution >= 0.6 is 0 Å². The van der Waals surface area contributed by atoms with Crippen LogP contribution < -0.4 is 0 Å². The molecule has 2 saturated carbocycles. The van der Waals surface area contributed by atoms with Crippen molar-refractivity contribution in [3.05, 3.63) is 34.9 Å².